The van der Waals surface area contributed by atoms with Crippen LogP contribution in [0, 0.1) is 0 Å². The van der Waals surface area contributed by atoms with Crippen LogP contribution in [-0.2, 0) is 4.74 Å². The summed E-state index contributed by atoms with van der Waals surface area (Å²) in [4.78, 5) is 16.3. The summed E-state index contributed by atoms with van der Waals surface area (Å²) >= 11 is 0. The molecule has 0 radical (unpaired) electrons. The van der Waals surface area contributed by atoms with E-state index in [2.05, 4.69) is 4.98 Å². The molecule has 0 aliphatic heterocycles. The van der Waals surface area contributed by atoms with Crippen molar-refractivity contribution in [2.24, 2.45) is 0 Å². The van der Waals surface area contributed by atoms with E-state index in [-0.39, 0.29) is 5.97 Å². The predicted molar refractivity (Wildman–Crippen MR) is 78.5 cm³/mol. The van der Waals surface area contributed by atoms with Crippen molar-refractivity contribution in [1.29, 1.82) is 0 Å². The second-order valence-electron chi connectivity index (χ2n) is 4.41. The Morgan fingerprint density at radius 2 is 1.70 bits per heavy atom. The lowest BCUT2D eigenvalue weighted by Crippen LogP contribution is -2.03. The van der Waals surface area contributed by atoms with Gasteiger partial charge in [-0.05, 0) is 29.3 Å². The summed E-state index contributed by atoms with van der Waals surface area (Å²) in [5, 5.41) is 1.02. The van der Waals surface area contributed by atoms with E-state index in [9.17, 15) is 4.79 Å². The molecule has 3 heteroatoms. The van der Waals surface area contributed by atoms with Gasteiger partial charge in [-0.25, -0.2) is 4.79 Å². The quantitative estimate of drug-likeness (QED) is 0.662. The normalized spacial score (nSPS) is 10.4. The lowest BCUT2D eigenvalue weighted by molar-refractivity contribution is 0.0601. The number of methoxy groups -OCH3 is 1. The number of pyridine rings is 1. The van der Waals surface area contributed by atoms with Crippen molar-refractivity contribution < 1.29 is 9.53 Å². The maximum Gasteiger partial charge on any atom is 0.338 e. The van der Waals surface area contributed by atoms with Gasteiger partial charge in [0.25, 0.3) is 0 Å². The molecule has 3 aromatic rings. The third kappa shape index (κ3) is 2.03. The topological polar surface area (TPSA) is 39.2 Å². The maximum atomic E-state index is 11.9. The number of para-hydroxylation sites is 1. The molecule has 0 bridgehead atoms. The molecule has 0 atom stereocenters. The molecule has 0 amide bonds. The molecule has 0 fully saturated rings. The van der Waals surface area contributed by atoms with Crippen LogP contribution in [0.4, 0.5) is 0 Å². The third-order valence-electron chi connectivity index (χ3n) is 3.27. The Labute approximate surface area is 116 Å². The molecule has 0 saturated carbocycles. The van der Waals surface area contributed by atoms with Crippen molar-refractivity contribution in [2.75, 3.05) is 7.11 Å². The first-order valence-corrected chi connectivity index (χ1v) is 6.33. The number of ether oxygens (including phenoxy) is 1. The van der Waals surface area contributed by atoms with Crippen LogP contribution in [0.1, 0.15) is 10.4 Å². The Morgan fingerprint density at radius 3 is 2.55 bits per heavy atom. The van der Waals surface area contributed by atoms with Gasteiger partial charge in [-0.15, -0.1) is 0 Å². The van der Waals surface area contributed by atoms with Gasteiger partial charge in [0.1, 0.15) is 0 Å². The number of carbonyl (C=O) groups excluding carboxylic acids is 1. The number of carbonyl (C=O) groups is 1. The van der Waals surface area contributed by atoms with Crippen LogP contribution in [0.15, 0.2) is 60.8 Å². The zero-order valence-corrected chi connectivity index (χ0v) is 11.0. The molecule has 1 heterocycles. The number of nitrogens with zero attached hydrogens (tertiary/aromatic N) is 1. The summed E-state index contributed by atoms with van der Waals surface area (Å²) in [5.41, 5.74) is 3.31. The largest absolute Gasteiger partial charge is 0.465 e. The minimum absolute atomic E-state index is 0.332. The second kappa shape index (κ2) is 5.13. The molecule has 2 aromatic carbocycles. The molecule has 98 valence electrons. The second-order valence-corrected chi connectivity index (χ2v) is 4.41. The van der Waals surface area contributed by atoms with Crippen molar-refractivity contribution in [3.63, 3.8) is 0 Å². The molecule has 0 saturated heterocycles. The van der Waals surface area contributed by atoms with Crippen LogP contribution in [0.2, 0.25) is 0 Å². The van der Waals surface area contributed by atoms with Gasteiger partial charge in [0.05, 0.1) is 18.2 Å². The van der Waals surface area contributed by atoms with Crippen molar-refractivity contribution in [3.8, 4) is 11.1 Å². The van der Waals surface area contributed by atoms with Crippen molar-refractivity contribution in [1.82, 2.24) is 4.98 Å². The molecule has 0 N–H and O–H groups in total. The van der Waals surface area contributed by atoms with Crippen LogP contribution in [-0.4, -0.2) is 18.1 Å². The highest BCUT2D eigenvalue weighted by Crippen LogP contribution is 2.30. The highest BCUT2D eigenvalue weighted by Gasteiger charge is 2.14. The summed E-state index contributed by atoms with van der Waals surface area (Å²) in [6, 6.07) is 17.2. The van der Waals surface area contributed by atoms with Gasteiger partial charge in [0.15, 0.2) is 0 Å². The van der Waals surface area contributed by atoms with E-state index in [0.29, 0.717) is 5.56 Å². The summed E-state index contributed by atoms with van der Waals surface area (Å²) in [5.74, 6) is -0.332. The van der Waals surface area contributed by atoms with Gasteiger partial charge in [-0.1, -0.05) is 36.4 Å². The molecule has 1 aromatic heterocycles. The van der Waals surface area contributed by atoms with Gasteiger partial charge in [-0.3, -0.25) is 4.98 Å². The maximum absolute atomic E-state index is 11.9. The highest BCUT2D eigenvalue weighted by molar-refractivity contribution is 6.03. The minimum atomic E-state index is -0.332. The van der Waals surface area contributed by atoms with Crippen LogP contribution in [0.3, 0.4) is 0 Å². The summed E-state index contributed by atoms with van der Waals surface area (Å²) in [6.07, 6.45) is 1.76. The molecule has 0 unspecified atom stereocenters. The number of rotatable bonds is 2. The fraction of sp³-hybridized carbons (Fsp3) is 0.0588. The Bertz CT molecular complexity index is 775. The van der Waals surface area contributed by atoms with Crippen molar-refractivity contribution in [3.05, 3.63) is 66.4 Å². The fourth-order valence-electron chi connectivity index (χ4n) is 2.34. The van der Waals surface area contributed by atoms with E-state index < -0.39 is 0 Å². The molecule has 3 nitrogen and oxygen atoms in total. The average Bonchev–Trinajstić information content (AvgIpc) is 2.53. The molecule has 0 aliphatic carbocycles. The van der Waals surface area contributed by atoms with E-state index in [1.807, 2.05) is 48.5 Å². The monoisotopic (exact) mass is 263 g/mol. The van der Waals surface area contributed by atoms with Crippen LogP contribution in [0.5, 0.6) is 0 Å². The number of hydrogen-bond acceptors (Lipinski definition) is 3. The first-order chi connectivity index (χ1) is 9.81. The Hall–Kier alpha value is -2.68. The van der Waals surface area contributed by atoms with Crippen LogP contribution >= 0.6 is 0 Å². The summed E-state index contributed by atoms with van der Waals surface area (Å²) in [6.45, 7) is 0. The SMILES string of the molecule is COC(=O)c1ccccc1-c1ccnc2ccccc12. The zero-order chi connectivity index (χ0) is 13.9. The van der Waals surface area contributed by atoms with Gasteiger partial charge < -0.3 is 4.74 Å². The van der Waals surface area contributed by atoms with Crippen LogP contribution in [0.25, 0.3) is 22.0 Å². The number of benzene rings is 2. The highest BCUT2D eigenvalue weighted by atomic mass is 16.5. The standard InChI is InChI=1S/C17H13NO2/c1-20-17(19)15-8-3-2-6-12(15)13-10-11-18-16-9-5-4-7-14(13)16/h2-11H,1H3. The molecular formula is C17H13NO2. The zero-order valence-electron chi connectivity index (χ0n) is 11.0. The molecular weight excluding hydrogens is 250 g/mol. The third-order valence-corrected chi connectivity index (χ3v) is 3.27. The van der Waals surface area contributed by atoms with Gasteiger partial charge in [0, 0.05) is 11.6 Å². The van der Waals surface area contributed by atoms with E-state index in [1.165, 1.54) is 7.11 Å². The fourth-order valence-corrected chi connectivity index (χ4v) is 2.34. The average molecular weight is 263 g/mol. The Balaban J connectivity index is 2.29. The molecule has 0 aliphatic rings. The lowest BCUT2D eigenvalue weighted by atomic mass is 9.97. The van der Waals surface area contributed by atoms with E-state index in [1.54, 1.807) is 12.3 Å². The summed E-state index contributed by atoms with van der Waals surface area (Å²) in [7, 11) is 1.39. The first-order valence-electron chi connectivity index (χ1n) is 6.33. The molecule has 3 rings (SSSR count). The molecule has 0 spiro atoms. The van der Waals surface area contributed by atoms with Crippen molar-refractivity contribution in [2.45, 2.75) is 0 Å². The Kier molecular flexibility index (Phi) is 3.17. The lowest BCUT2D eigenvalue weighted by Gasteiger charge is -2.10. The number of fused-ring (bicyclic) bond motifs is 1. The number of aromatic nitrogens is 1. The number of hydrogen-bond donors (Lipinski definition) is 0. The van der Waals surface area contributed by atoms with E-state index in [0.717, 1.165) is 22.0 Å². The van der Waals surface area contributed by atoms with Gasteiger partial charge in [-0.2, -0.15) is 0 Å². The number of esters is 1. The van der Waals surface area contributed by atoms with E-state index >= 15 is 0 Å². The Morgan fingerprint density at radius 1 is 0.950 bits per heavy atom. The predicted octanol–water partition coefficient (Wildman–Crippen LogP) is 3.69. The van der Waals surface area contributed by atoms with E-state index in [4.69, 9.17) is 4.74 Å². The summed E-state index contributed by atoms with van der Waals surface area (Å²) < 4.78 is 4.86. The van der Waals surface area contributed by atoms with Gasteiger partial charge in [0.2, 0.25) is 0 Å². The first kappa shape index (κ1) is 12.4. The smallest absolute Gasteiger partial charge is 0.338 e. The molecule has 20 heavy (non-hydrogen) atoms. The van der Waals surface area contributed by atoms with Gasteiger partial charge >= 0.3 is 5.97 Å². The van der Waals surface area contributed by atoms with Crippen LogP contribution < -0.4 is 0 Å². The van der Waals surface area contributed by atoms with Crippen molar-refractivity contribution >= 4 is 16.9 Å². The minimum Gasteiger partial charge on any atom is -0.465 e.